The van der Waals surface area contributed by atoms with Gasteiger partial charge in [-0.3, -0.25) is 9.69 Å². The smallest absolute Gasteiger partial charge is 0.248 e. The Kier molecular flexibility index (Phi) is 8.56. The van der Waals surface area contributed by atoms with E-state index in [1.807, 2.05) is 11.3 Å². The molecule has 5 nitrogen and oxygen atoms in total. The summed E-state index contributed by atoms with van der Waals surface area (Å²) in [6.07, 6.45) is 2.66. The summed E-state index contributed by atoms with van der Waals surface area (Å²) >= 11 is 3.59. The monoisotopic (exact) mass is 434 g/mol. The number of methoxy groups -OCH3 is 1. The Morgan fingerprint density at radius 1 is 1.28 bits per heavy atom. The van der Waals surface area contributed by atoms with Crippen LogP contribution in [0.4, 0.5) is 0 Å². The van der Waals surface area contributed by atoms with E-state index in [0.717, 1.165) is 19.5 Å². The summed E-state index contributed by atoms with van der Waals surface area (Å²) in [6, 6.07) is 11.0. The van der Waals surface area contributed by atoms with Crippen molar-refractivity contribution in [2.45, 2.75) is 36.9 Å². The number of hydrogen-bond acceptors (Lipinski definition) is 6. The van der Waals surface area contributed by atoms with E-state index in [-0.39, 0.29) is 11.9 Å². The molecule has 0 spiro atoms. The summed E-state index contributed by atoms with van der Waals surface area (Å²) in [7, 11) is 1.62. The van der Waals surface area contributed by atoms with Crippen molar-refractivity contribution in [3.8, 4) is 0 Å². The third-order valence-electron chi connectivity index (χ3n) is 5.27. The number of carbonyl (C=O) groups is 1. The minimum Gasteiger partial charge on any atom is -0.382 e. The molecular weight excluding hydrogens is 404 g/mol. The van der Waals surface area contributed by atoms with Gasteiger partial charge in [-0.05, 0) is 54.3 Å². The van der Waals surface area contributed by atoms with Crippen LogP contribution in [0.1, 0.15) is 29.0 Å². The fourth-order valence-electron chi connectivity index (χ4n) is 3.55. The van der Waals surface area contributed by atoms with Gasteiger partial charge in [-0.2, -0.15) is 0 Å². The Bertz CT molecular complexity index is 779. The van der Waals surface area contributed by atoms with Crippen LogP contribution in [-0.2, 0) is 27.2 Å². The van der Waals surface area contributed by atoms with Crippen molar-refractivity contribution in [2.75, 3.05) is 39.7 Å². The number of ether oxygens (including phenoxy) is 2. The van der Waals surface area contributed by atoms with Crippen LogP contribution in [0, 0.1) is 0 Å². The first-order valence-electron chi connectivity index (χ1n) is 9.94. The van der Waals surface area contributed by atoms with Gasteiger partial charge < -0.3 is 14.8 Å². The number of rotatable bonds is 10. The lowest BCUT2D eigenvalue weighted by atomic mass is 10.0. The molecule has 0 radical (unpaired) electrons. The molecule has 2 atom stereocenters. The molecule has 1 aliphatic rings. The van der Waals surface area contributed by atoms with Gasteiger partial charge in [0.1, 0.15) is 6.10 Å². The molecule has 0 saturated heterocycles. The van der Waals surface area contributed by atoms with Crippen LogP contribution in [-0.4, -0.2) is 56.6 Å². The van der Waals surface area contributed by atoms with Gasteiger partial charge in [0.25, 0.3) is 0 Å². The van der Waals surface area contributed by atoms with Crippen LogP contribution in [0.25, 0.3) is 0 Å². The summed E-state index contributed by atoms with van der Waals surface area (Å²) < 4.78 is 10.5. The second-order valence-electron chi connectivity index (χ2n) is 7.13. The molecule has 0 bridgehead atoms. The second-order valence-corrected chi connectivity index (χ2v) is 9.01. The predicted molar refractivity (Wildman–Crippen MR) is 120 cm³/mol. The summed E-state index contributed by atoms with van der Waals surface area (Å²) in [6.45, 7) is 5.17. The first-order valence-corrected chi connectivity index (χ1v) is 12.0. The maximum absolute atomic E-state index is 12.5. The molecule has 1 aliphatic heterocycles. The van der Waals surface area contributed by atoms with Crippen molar-refractivity contribution in [2.24, 2.45) is 0 Å². The van der Waals surface area contributed by atoms with E-state index in [9.17, 15) is 4.79 Å². The molecule has 0 aliphatic carbocycles. The number of nitrogens with one attached hydrogen (secondary N) is 1. The van der Waals surface area contributed by atoms with Gasteiger partial charge in [0.05, 0.1) is 19.3 Å². The summed E-state index contributed by atoms with van der Waals surface area (Å²) in [4.78, 5) is 17.7. The minimum absolute atomic E-state index is 0.0833. The van der Waals surface area contributed by atoms with Crippen LogP contribution in [0.5, 0.6) is 0 Å². The zero-order valence-corrected chi connectivity index (χ0v) is 19.0. The number of benzene rings is 1. The average Bonchev–Trinajstić information content (AvgIpc) is 3.22. The van der Waals surface area contributed by atoms with Crippen LogP contribution in [0.2, 0.25) is 0 Å². The molecule has 2 unspecified atom stereocenters. The highest BCUT2D eigenvalue weighted by atomic mass is 32.2. The minimum atomic E-state index is -0.491. The lowest BCUT2D eigenvalue weighted by Crippen LogP contribution is -2.43. The number of hydrogen-bond donors (Lipinski definition) is 1. The molecule has 29 heavy (non-hydrogen) atoms. The van der Waals surface area contributed by atoms with E-state index in [1.165, 1.54) is 20.9 Å². The molecule has 3 rings (SSSR count). The van der Waals surface area contributed by atoms with Crippen LogP contribution in [0.15, 0.2) is 40.6 Å². The Morgan fingerprint density at radius 3 is 2.79 bits per heavy atom. The molecular formula is C22H30N2O3S2. The molecule has 2 heterocycles. The lowest BCUT2D eigenvalue weighted by molar-refractivity contribution is -0.132. The van der Waals surface area contributed by atoms with E-state index in [0.29, 0.717) is 19.8 Å². The molecule has 1 aromatic carbocycles. The van der Waals surface area contributed by atoms with Crippen molar-refractivity contribution >= 4 is 29.0 Å². The van der Waals surface area contributed by atoms with Crippen LogP contribution in [0.3, 0.4) is 0 Å². The van der Waals surface area contributed by atoms with Crippen molar-refractivity contribution < 1.29 is 14.3 Å². The van der Waals surface area contributed by atoms with Crippen molar-refractivity contribution in [1.82, 2.24) is 10.2 Å². The molecule has 1 amide bonds. The number of nitrogens with zero attached hydrogens (tertiary/aromatic N) is 1. The van der Waals surface area contributed by atoms with Gasteiger partial charge in [-0.15, -0.1) is 23.1 Å². The van der Waals surface area contributed by atoms with Gasteiger partial charge >= 0.3 is 0 Å². The first-order chi connectivity index (χ1) is 14.1. The molecule has 1 aromatic heterocycles. The van der Waals surface area contributed by atoms with Crippen LogP contribution >= 0.6 is 23.1 Å². The topological polar surface area (TPSA) is 50.8 Å². The third kappa shape index (κ3) is 6.06. The number of thiophene rings is 1. The highest BCUT2D eigenvalue weighted by Crippen LogP contribution is 2.31. The Labute approximate surface area is 181 Å². The van der Waals surface area contributed by atoms with Gasteiger partial charge in [0.15, 0.2) is 0 Å². The molecule has 7 heteroatoms. The zero-order chi connectivity index (χ0) is 20.6. The van der Waals surface area contributed by atoms with Gasteiger partial charge in [0, 0.05) is 36.5 Å². The predicted octanol–water partition coefficient (Wildman–Crippen LogP) is 3.74. The zero-order valence-electron chi connectivity index (χ0n) is 17.3. The lowest BCUT2D eigenvalue weighted by Gasteiger charge is -2.35. The highest BCUT2D eigenvalue weighted by Gasteiger charge is 2.26. The standard InChI is InChI=1S/C22H30N2O3S2/c1-16(27-12-11-26-2)22(25)23-14-20(17-4-6-19(28-3)7-5-17)24-10-8-21-18(15-24)9-13-29-21/h4-7,9,13,16,20H,8,10-12,14-15H2,1-3H3,(H,23,25). The van der Waals surface area contributed by atoms with Gasteiger partial charge in [-0.1, -0.05) is 12.1 Å². The van der Waals surface area contributed by atoms with E-state index >= 15 is 0 Å². The first kappa shape index (κ1) is 22.3. The Hall–Kier alpha value is -1.38. The molecule has 1 N–H and O–H groups in total. The maximum Gasteiger partial charge on any atom is 0.248 e. The quantitative estimate of drug-likeness (QED) is 0.456. The van der Waals surface area contributed by atoms with E-state index in [4.69, 9.17) is 9.47 Å². The van der Waals surface area contributed by atoms with Crippen molar-refractivity contribution in [1.29, 1.82) is 0 Å². The highest BCUT2D eigenvalue weighted by molar-refractivity contribution is 7.98. The summed E-state index contributed by atoms with van der Waals surface area (Å²) in [5, 5.41) is 5.28. The maximum atomic E-state index is 12.5. The fraction of sp³-hybridized carbons (Fsp3) is 0.500. The Balaban J connectivity index is 1.68. The van der Waals surface area contributed by atoms with Crippen molar-refractivity contribution in [3.63, 3.8) is 0 Å². The Morgan fingerprint density at radius 2 is 2.07 bits per heavy atom. The number of thioether (sulfide) groups is 1. The van der Waals surface area contributed by atoms with Gasteiger partial charge in [0.2, 0.25) is 5.91 Å². The second kappa shape index (κ2) is 11.1. The fourth-order valence-corrected chi connectivity index (χ4v) is 4.84. The number of carbonyl (C=O) groups excluding carboxylic acids is 1. The summed E-state index contributed by atoms with van der Waals surface area (Å²) in [5.74, 6) is -0.0833. The van der Waals surface area contributed by atoms with E-state index < -0.39 is 6.10 Å². The van der Waals surface area contributed by atoms with Crippen LogP contribution < -0.4 is 5.32 Å². The number of amides is 1. The normalized spacial score (nSPS) is 16.2. The SMILES string of the molecule is COCCOC(C)C(=O)NCC(c1ccc(SC)cc1)N1CCc2sccc2C1. The molecule has 2 aromatic rings. The largest absolute Gasteiger partial charge is 0.382 e. The summed E-state index contributed by atoms with van der Waals surface area (Å²) in [5.41, 5.74) is 2.64. The molecule has 158 valence electrons. The van der Waals surface area contributed by atoms with E-state index in [2.05, 4.69) is 52.2 Å². The molecule has 0 saturated carbocycles. The van der Waals surface area contributed by atoms with Gasteiger partial charge in [-0.25, -0.2) is 0 Å². The average molecular weight is 435 g/mol. The third-order valence-corrected chi connectivity index (χ3v) is 7.04. The molecule has 0 fully saturated rings. The van der Waals surface area contributed by atoms with Crippen molar-refractivity contribution in [3.05, 3.63) is 51.7 Å². The number of fused-ring (bicyclic) bond motifs is 1. The van der Waals surface area contributed by atoms with E-state index in [1.54, 1.807) is 25.8 Å².